The highest BCUT2D eigenvalue weighted by molar-refractivity contribution is 5.82. The molecule has 3 nitrogen and oxygen atoms in total. The lowest BCUT2D eigenvalue weighted by atomic mass is 9.67. The Kier molecular flexibility index (Phi) is 9.27. The molecule has 0 amide bonds. The summed E-state index contributed by atoms with van der Waals surface area (Å²) in [4.78, 5) is 6.65. The Balaban J connectivity index is 0.000000193. The van der Waals surface area contributed by atoms with E-state index in [9.17, 15) is 9.50 Å². The van der Waals surface area contributed by atoms with Gasteiger partial charge in [-0.25, -0.2) is 4.39 Å². The summed E-state index contributed by atoms with van der Waals surface area (Å²) in [5.74, 6) is -0.209. The zero-order chi connectivity index (χ0) is 28.0. The first-order chi connectivity index (χ1) is 18.7. The van der Waals surface area contributed by atoms with E-state index in [1.807, 2.05) is 25.3 Å². The Hall–Kier alpha value is -2.98. The molecule has 39 heavy (non-hydrogen) atoms. The van der Waals surface area contributed by atoms with E-state index >= 15 is 0 Å². The van der Waals surface area contributed by atoms with Gasteiger partial charge in [0, 0.05) is 43.0 Å². The minimum atomic E-state index is -0.674. The number of hydrogen-bond acceptors (Lipinski definition) is 3. The molecule has 2 atom stereocenters. The van der Waals surface area contributed by atoms with Crippen molar-refractivity contribution in [2.75, 3.05) is 20.1 Å². The second kappa shape index (κ2) is 12.5. The zero-order valence-electron chi connectivity index (χ0n) is 24.3. The number of hydrogen-bond donors (Lipinski definition) is 1. The lowest BCUT2D eigenvalue weighted by Crippen LogP contribution is -2.41. The summed E-state index contributed by atoms with van der Waals surface area (Å²) in [6.07, 6.45) is 12.5. The topological polar surface area (TPSA) is 35.8 Å². The number of piperidine rings is 1. The highest BCUT2D eigenvalue weighted by Crippen LogP contribution is 2.56. The van der Waals surface area contributed by atoms with Gasteiger partial charge >= 0.3 is 0 Å². The largest absolute Gasteiger partial charge is 0.389 e. The molecule has 1 heterocycles. The second-order valence-electron chi connectivity index (χ2n) is 11.7. The van der Waals surface area contributed by atoms with Crippen LogP contribution in [0, 0.1) is 11.2 Å². The zero-order valence-corrected chi connectivity index (χ0v) is 24.3. The average Bonchev–Trinajstić information content (AvgIpc) is 3.18. The molecule has 0 spiro atoms. The number of aliphatic hydroxyl groups is 1. The van der Waals surface area contributed by atoms with Gasteiger partial charge in [0.15, 0.2) is 0 Å². The fourth-order valence-electron chi connectivity index (χ4n) is 6.32. The smallest absolute Gasteiger partial charge is 0.123 e. The fourth-order valence-corrected chi connectivity index (χ4v) is 6.32. The maximum Gasteiger partial charge on any atom is 0.123 e. The molecule has 2 aliphatic carbocycles. The lowest BCUT2D eigenvalue weighted by molar-refractivity contribution is -0.0217. The van der Waals surface area contributed by atoms with Gasteiger partial charge in [-0.2, -0.15) is 0 Å². The Morgan fingerprint density at radius 3 is 2.44 bits per heavy atom. The standard InChI is InChI=1S/C20H24FNO.C15H21N/c1-19-12-16(13-22-3)15(10-14-4-6-18(21)7-5-14)11-17(19)8-9-20(19,2)23;1-3-14-9-5-6-10-15(14)13(2)16-11-7-4-8-12-16/h4-7,11,13,23H,8-10,12H2,1-3H3;5-6,9-10H,2-4,7-8,11-12H2,1H3. The van der Waals surface area contributed by atoms with Gasteiger partial charge in [0.05, 0.1) is 5.60 Å². The molecule has 0 aromatic heterocycles. The van der Waals surface area contributed by atoms with Crippen molar-refractivity contribution in [3.05, 3.63) is 100 Å². The highest BCUT2D eigenvalue weighted by Gasteiger charge is 2.52. The number of rotatable bonds is 6. The number of benzene rings is 2. The van der Waals surface area contributed by atoms with Gasteiger partial charge < -0.3 is 10.0 Å². The first-order valence-electron chi connectivity index (χ1n) is 14.5. The third-order valence-electron chi connectivity index (χ3n) is 9.12. The van der Waals surface area contributed by atoms with Crippen LogP contribution in [0.1, 0.15) is 76.0 Å². The molecular formula is C35H45FN2O. The van der Waals surface area contributed by atoms with E-state index in [-0.39, 0.29) is 11.2 Å². The molecule has 5 rings (SSSR count). The number of allylic oxidation sites excluding steroid dienone is 3. The van der Waals surface area contributed by atoms with Gasteiger partial charge in [0.25, 0.3) is 0 Å². The van der Waals surface area contributed by atoms with Crippen LogP contribution in [0.2, 0.25) is 0 Å². The van der Waals surface area contributed by atoms with E-state index in [1.165, 1.54) is 78.0 Å². The fraction of sp³-hybridized carbons (Fsp3) is 0.457. The molecule has 3 aliphatic rings. The van der Waals surface area contributed by atoms with Gasteiger partial charge in [-0.3, -0.25) is 4.99 Å². The van der Waals surface area contributed by atoms with Crippen LogP contribution in [0.25, 0.3) is 5.70 Å². The first kappa shape index (κ1) is 29.0. The van der Waals surface area contributed by atoms with E-state index in [0.29, 0.717) is 0 Å². The van der Waals surface area contributed by atoms with Crippen molar-refractivity contribution in [2.24, 2.45) is 10.4 Å². The minimum absolute atomic E-state index is 0.209. The maximum absolute atomic E-state index is 13.1. The van der Waals surface area contributed by atoms with Crippen molar-refractivity contribution in [3.8, 4) is 0 Å². The van der Waals surface area contributed by atoms with Crippen LogP contribution in [0.3, 0.4) is 0 Å². The summed E-state index contributed by atoms with van der Waals surface area (Å²) < 4.78 is 13.1. The molecule has 0 radical (unpaired) electrons. The SMILES string of the molecule is C=C(c1ccccc1CC)N1CCCCC1.CN=CC1=C(Cc2ccc(F)cc2)C=C2CCC(C)(O)C2(C)C1. The molecule has 4 heteroatoms. The monoisotopic (exact) mass is 528 g/mol. The van der Waals surface area contributed by atoms with Crippen molar-refractivity contribution in [2.45, 2.75) is 77.7 Å². The normalized spacial score (nSPS) is 24.8. The molecular weight excluding hydrogens is 483 g/mol. The number of aliphatic imine (C=N–C) groups is 1. The average molecular weight is 529 g/mol. The summed E-state index contributed by atoms with van der Waals surface area (Å²) in [5.41, 5.74) is 7.91. The summed E-state index contributed by atoms with van der Waals surface area (Å²) in [7, 11) is 1.77. The summed E-state index contributed by atoms with van der Waals surface area (Å²) >= 11 is 0. The predicted octanol–water partition coefficient (Wildman–Crippen LogP) is 7.95. The van der Waals surface area contributed by atoms with Crippen LogP contribution < -0.4 is 0 Å². The van der Waals surface area contributed by atoms with Gasteiger partial charge in [-0.1, -0.05) is 68.5 Å². The maximum atomic E-state index is 13.1. The highest BCUT2D eigenvalue weighted by atomic mass is 19.1. The van der Waals surface area contributed by atoms with E-state index in [1.54, 1.807) is 7.05 Å². The number of nitrogens with zero attached hydrogens (tertiary/aromatic N) is 2. The van der Waals surface area contributed by atoms with Crippen LogP contribution in [0.4, 0.5) is 4.39 Å². The van der Waals surface area contributed by atoms with E-state index < -0.39 is 5.60 Å². The van der Waals surface area contributed by atoms with E-state index in [0.717, 1.165) is 37.7 Å². The summed E-state index contributed by atoms with van der Waals surface area (Å²) in [6, 6.07) is 15.3. The van der Waals surface area contributed by atoms with Crippen LogP contribution in [0.5, 0.6) is 0 Å². The van der Waals surface area contributed by atoms with Gasteiger partial charge in [-0.05, 0) is 92.7 Å². The Bertz CT molecular complexity index is 1250. The van der Waals surface area contributed by atoms with Crippen LogP contribution in [-0.2, 0) is 12.8 Å². The molecule has 2 fully saturated rings. The minimum Gasteiger partial charge on any atom is -0.389 e. The van der Waals surface area contributed by atoms with Crippen molar-refractivity contribution >= 4 is 11.9 Å². The van der Waals surface area contributed by atoms with Crippen molar-refractivity contribution in [1.29, 1.82) is 0 Å². The van der Waals surface area contributed by atoms with Gasteiger partial charge in [0.1, 0.15) is 5.82 Å². The Morgan fingerprint density at radius 1 is 1.08 bits per heavy atom. The molecule has 1 saturated carbocycles. The molecule has 1 saturated heterocycles. The second-order valence-corrected chi connectivity index (χ2v) is 11.7. The lowest BCUT2D eigenvalue weighted by Gasteiger charge is -2.41. The number of fused-ring (bicyclic) bond motifs is 1. The molecule has 2 aromatic rings. The third kappa shape index (κ3) is 6.44. The number of halogens is 1. The molecule has 1 aliphatic heterocycles. The molecule has 2 unspecified atom stereocenters. The van der Waals surface area contributed by atoms with Crippen LogP contribution >= 0.6 is 0 Å². The summed E-state index contributed by atoms with van der Waals surface area (Å²) in [6.45, 7) is 12.9. The predicted molar refractivity (Wildman–Crippen MR) is 162 cm³/mol. The molecule has 208 valence electrons. The van der Waals surface area contributed by atoms with Crippen molar-refractivity contribution in [1.82, 2.24) is 4.90 Å². The van der Waals surface area contributed by atoms with Crippen molar-refractivity contribution in [3.63, 3.8) is 0 Å². The van der Waals surface area contributed by atoms with Crippen molar-refractivity contribution < 1.29 is 9.50 Å². The van der Waals surface area contributed by atoms with E-state index in [4.69, 9.17) is 0 Å². The molecule has 1 N–H and O–H groups in total. The van der Waals surface area contributed by atoms with Gasteiger partial charge in [-0.15, -0.1) is 0 Å². The molecule has 2 aromatic carbocycles. The quantitative estimate of drug-likeness (QED) is 0.386. The summed E-state index contributed by atoms with van der Waals surface area (Å²) in [5, 5.41) is 10.8. The molecule has 0 bridgehead atoms. The number of likely N-dealkylation sites (tertiary alicyclic amines) is 1. The van der Waals surface area contributed by atoms with Gasteiger partial charge in [0.2, 0.25) is 0 Å². The first-order valence-corrected chi connectivity index (χ1v) is 14.5. The van der Waals surface area contributed by atoms with E-state index in [2.05, 4.69) is 60.7 Å². The van der Waals surface area contributed by atoms with Crippen LogP contribution in [0.15, 0.2) is 82.9 Å². The number of aryl methyl sites for hydroxylation is 1. The Morgan fingerprint density at radius 2 is 1.77 bits per heavy atom. The Labute approximate surface area is 234 Å². The van der Waals surface area contributed by atoms with Crippen LogP contribution in [-0.4, -0.2) is 42.0 Å². The third-order valence-corrected chi connectivity index (χ3v) is 9.12.